The number of aromatic nitrogens is 2. The van der Waals surface area contributed by atoms with Gasteiger partial charge in [-0.3, -0.25) is 18.9 Å². The van der Waals surface area contributed by atoms with Crippen LogP contribution in [0.25, 0.3) is 10.4 Å². The number of H-pyrrole nitrogens is 1. The average Bonchev–Trinajstić information content (AvgIpc) is 2.90. The highest BCUT2D eigenvalue weighted by molar-refractivity contribution is 7.66. The Hall–Kier alpha value is -1.68. The van der Waals surface area contributed by atoms with Gasteiger partial charge < -0.3 is 29.4 Å². The molecule has 2 heterocycles. The summed E-state index contributed by atoms with van der Waals surface area (Å²) >= 11 is 0. The summed E-state index contributed by atoms with van der Waals surface area (Å²) in [6.45, 7) is 0.283. The Morgan fingerprint density at radius 2 is 1.84 bits per heavy atom. The number of hydrogen-bond donors (Lipinski definition) is 6. The van der Waals surface area contributed by atoms with Gasteiger partial charge in [0.15, 0.2) is 0 Å². The zero-order valence-electron chi connectivity index (χ0n) is 15.6. The van der Waals surface area contributed by atoms with Crippen LogP contribution in [0.2, 0.25) is 0 Å². The Morgan fingerprint density at radius 3 is 2.41 bits per heavy atom. The molecular weight excluding hydrogens is 507 g/mol. The molecule has 1 aliphatic heterocycles. The lowest BCUT2D eigenvalue weighted by Crippen LogP contribution is -2.37. The van der Waals surface area contributed by atoms with Crippen molar-refractivity contribution in [1.82, 2.24) is 9.55 Å². The third-order valence-corrected chi connectivity index (χ3v) is 7.56. The van der Waals surface area contributed by atoms with Crippen LogP contribution in [0.1, 0.15) is 11.8 Å². The second-order valence-corrected chi connectivity index (χ2v) is 10.5. The normalized spacial score (nSPS) is 27.3. The fraction of sp³-hybridized carbons (Fsp3) is 0.600. The SMILES string of the molecule is Cc1cn([C@@H]2O[C@H](COP(=O)(O)OP(=O)(O)OP(=O)(O)O)[C@@H](O)[C@H]2N=[N+]=[N-])c(=O)[nH]c1=O. The van der Waals surface area contributed by atoms with Crippen molar-refractivity contribution >= 4 is 23.5 Å². The number of phosphoric ester groups is 1. The summed E-state index contributed by atoms with van der Waals surface area (Å²) in [6, 6.07) is -1.49. The lowest BCUT2D eigenvalue weighted by atomic mass is 10.1. The van der Waals surface area contributed by atoms with Gasteiger partial charge in [-0.1, -0.05) is 5.11 Å². The van der Waals surface area contributed by atoms with Crippen LogP contribution in [0.15, 0.2) is 20.9 Å². The third kappa shape index (κ3) is 6.91. The predicted molar refractivity (Wildman–Crippen MR) is 98.7 cm³/mol. The van der Waals surface area contributed by atoms with Crippen molar-refractivity contribution in [3.63, 3.8) is 0 Å². The fourth-order valence-electron chi connectivity index (χ4n) is 2.53. The first kappa shape index (κ1) is 26.6. The van der Waals surface area contributed by atoms with Gasteiger partial charge in [0.1, 0.15) is 18.4 Å². The van der Waals surface area contributed by atoms with Crippen LogP contribution in [0, 0.1) is 6.92 Å². The molecule has 2 rings (SSSR count). The molecule has 0 bridgehead atoms. The van der Waals surface area contributed by atoms with Gasteiger partial charge in [0.2, 0.25) is 0 Å². The van der Waals surface area contributed by atoms with E-state index in [2.05, 4.69) is 23.2 Å². The van der Waals surface area contributed by atoms with E-state index < -0.39 is 65.8 Å². The van der Waals surface area contributed by atoms with Gasteiger partial charge in [0.25, 0.3) is 5.56 Å². The highest BCUT2D eigenvalue weighted by Gasteiger charge is 2.47. The summed E-state index contributed by atoms with van der Waals surface area (Å²) < 4.78 is 51.3. The van der Waals surface area contributed by atoms with E-state index in [-0.39, 0.29) is 5.56 Å². The third-order valence-electron chi connectivity index (χ3n) is 3.76. The smallest absolute Gasteiger partial charge is 0.390 e. The molecular formula is C10H16N5O14P3. The lowest BCUT2D eigenvalue weighted by Gasteiger charge is -2.19. The molecule has 1 saturated heterocycles. The van der Waals surface area contributed by atoms with E-state index in [1.165, 1.54) is 6.92 Å². The first-order valence-corrected chi connectivity index (χ1v) is 12.6. The van der Waals surface area contributed by atoms with E-state index in [1.54, 1.807) is 0 Å². The molecule has 32 heavy (non-hydrogen) atoms. The molecule has 180 valence electrons. The summed E-state index contributed by atoms with van der Waals surface area (Å²) in [4.78, 5) is 63.6. The fourth-order valence-corrected chi connectivity index (χ4v) is 5.56. The molecule has 0 saturated carbocycles. The molecule has 0 radical (unpaired) electrons. The van der Waals surface area contributed by atoms with Gasteiger partial charge in [-0.05, 0) is 12.5 Å². The highest BCUT2D eigenvalue weighted by Crippen LogP contribution is 2.66. The predicted octanol–water partition coefficient (Wildman–Crippen LogP) is -0.874. The molecule has 0 aliphatic carbocycles. The first-order valence-electron chi connectivity index (χ1n) is 8.03. The van der Waals surface area contributed by atoms with Crippen molar-refractivity contribution in [2.24, 2.45) is 5.11 Å². The van der Waals surface area contributed by atoms with Crippen molar-refractivity contribution in [2.75, 3.05) is 6.61 Å². The lowest BCUT2D eigenvalue weighted by molar-refractivity contribution is -0.0456. The number of hydrogen-bond acceptors (Lipinski definition) is 11. The topological polar surface area (TPSA) is 293 Å². The van der Waals surface area contributed by atoms with Gasteiger partial charge in [0.05, 0.1) is 12.7 Å². The number of phosphoric acid groups is 3. The van der Waals surface area contributed by atoms with Crippen molar-refractivity contribution in [1.29, 1.82) is 0 Å². The first-order chi connectivity index (χ1) is 14.6. The average molecular weight is 523 g/mol. The van der Waals surface area contributed by atoms with Crippen molar-refractivity contribution in [2.45, 2.75) is 31.4 Å². The molecule has 22 heteroatoms. The zero-order valence-corrected chi connectivity index (χ0v) is 18.3. The monoisotopic (exact) mass is 523 g/mol. The number of nitrogens with zero attached hydrogens (tertiary/aromatic N) is 4. The van der Waals surface area contributed by atoms with Gasteiger partial charge >= 0.3 is 29.2 Å². The van der Waals surface area contributed by atoms with Crippen LogP contribution in [0.3, 0.4) is 0 Å². The Balaban J connectivity index is 2.20. The van der Waals surface area contributed by atoms with E-state index in [9.17, 15) is 33.3 Å². The number of aliphatic hydroxyl groups excluding tert-OH is 1. The van der Waals surface area contributed by atoms with Gasteiger partial charge in [0, 0.05) is 16.7 Å². The van der Waals surface area contributed by atoms with E-state index in [1.807, 2.05) is 4.98 Å². The molecule has 0 amide bonds. The number of rotatable bonds is 9. The van der Waals surface area contributed by atoms with Crippen molar-refractivity contribution < 1.29 is 56.3 Å². The summed E-state index contributed by atoms with van der Waals surface area (Å²) in [7, 11) is -16.9. The number of nitrogens with one attached hydrogen (secondary N) is 1. The minimum absolute atomic E-state index is 0.0547. The van der Waals surface area contributed by atoms with Crippen LogP contribution < -0.4 is 11.2 Å². The number of aliphatic hydroxyl groups is 1. The second kappa shape index (κ2) is 9.67. The summed E-state index contributed by atoms with van der Waals surface area (Å²) in [5.74, 6) is 0. The van der Waals surface area contributed by atoms with Crippen LogP contribution in [0.4, 0.5) is 0 Å². The summed E-state index contributed by atoms with van der Waals surface area (Å²) in [5.41, 5.74) is 7.06. The minimum Gasteiger partial charge on any atom is -0.390 e. The molecule has 0 aromatic carbocycles. The number of azide groups is 1. The number of aromatic amines is 1. The number of aryl methyl sites for hydroxylation is 1. The Bertz CT molecular complexity index is 1170. The van der Waals surface area contributed by atoms with Crippen LogP contribution in [0.5, 0.6) is 0 Å². The largest absolute Gasteiger partial charge is 0.490 e. The van der Waals surface area contributed by atoms with E-state index >= 15 is 0 Å². The van der Waals surface area contributed by atoms with Gasteiger partial charge in [-0.2, -0.15) is 8.62 Å². The second-order valence-electron chi connectivity index (χ2n) is 6.12. The van der Waals surface area contributed by atoms with Crippen molar-refractivity contribution in [3.8, 4) is 0 Å². The van der Waals surface area contributed by atoms with E-state index in [0.717, 1.165) is 10.8 Å². The number of ether oxygens (including phenoxy) is 1. The Morgan fingerprint density at radius 1 is 1.22 bits per heavy atom. The minimum atomic E-state index is -5.76. The van der Waals surface area contributed by atoms with Gasteiger partial charge in [-0.25, -0.2) is 18.5 Å². The molecule has 1 aromatic heterocycles. The quantitative estimate of drug-likeness (QED) is 0.0992. The van der Waals surface area contributed by atoms with Crippen LogP contribution in [-0.2, 0) is 31.6 Å². The standard InChI is InChI=1S/C10H16N5O14P3/c1-4-2-15(10(18)12-8(4)17)9-6(13-14-11)7(16)5(27-9)3-26-31(22,23)29-32(24,25)28-30(19,20)21/h2,5-7,9,16H,3H2,1H3,(H,22,23)(H,24,25)(H,12,17,18)(H2,19,20,21)/t5-,6-,7-,9-/m1/s1. The molecule has 6 N–H and O–H groups in total. The summed E-state index contributed by atoms with van der Waals surface area (Å²) in [5, 5.41) is 13.6. The van der Waals surface area contributed by atoms with Crippen LogP contribution in [-0.4, -0.2) is 59.1 Å². The Labute approximate surface area is 176 Å². The zero-order chi connectivity index (χ0) is 24.5. The molecule has 2 unspecified atom stereocenters. The van der Waals surface area contributed by atoms with E-state index in [0.29, 0.717) is 0 Å². The molecule has 1 aliphatic rings. The van der Waals surface area contributed by atoms with E-state index in [4.69, 9.17) is 24.9 Å². The maximum Gasteiger partial charge on any atom is 0.490 e. The molecule has 19 nitrogen and oxygen atoms in total. The molecule has 0 spiro atoms. The summed E-state index contributed by atoms with van der Waals surface area (Å²) in [6.07, 6.45) is -3.79. The van der Waals surface area contributed by atoms with Crippen LogP contribution >= 0.6 is 23.5 Å². The molecule has 1 aromatic rings. The van der Waals surface area contributed by atoms with Gasteiger partial charge in [-0.15, -0.1) is 0 Å². The Kier molecular flexibility index (Phi) is 8.03. The molecule has 6 atom stereocenters. The maximum atomic E-state index is 12.1. The highest BCUT2D eigenvalue weighted by atomic mass is 31.3. The maximum absolute atomic E-state index is 12.1. The van der Waals surface area contributed by atoms with Crippen molar-refractivity contribution in [3.05, 3.63) is 43.0 Å². The molecule has 1 fully saturated rings.